The molecule has 3 heterocycles. The lowest BCUT2D eigenvalue weighted by Gasteiger charge is -2.34. The van der Waals surface area contributed by atoms with Gasteiger partial charge >= 0.3 is 0 Å². The third-order valence-electron chi connectivity index (χ3n) is 7.41. The number of fused-ring (bicyclic) bond motifs is 1. The van der Waals surface area contributed by atoms with Crippen LogP contribution in [-0.2, 0) is 6.54 Å². The van der Waals surface area contributed by atoms with Crippen LogP contribution in [0.15, 0.2) is 60.7 Å². The normalized spacial score (nSPS) is 16.1. The van der Waals surface area contributed by atoms with Gasteiger partial charge in [0.25, 0.3) is 0 Å². The Morgan fingerprint density at radius 2 is 1.82 bits per heavy atom. The van der Waals surface area contributed by atoms with Crippen LogP contribution in [0.2, 0.25) is 0 Å². The van der Waals surface area contributed by atoms with Gasteiger partial charge in [-0.2, -0.15) is 10.2 Å². The molecule has 2 N–H and O–H groups in total. The minimum atomic E-state index is -0.256. The van der Waals surface area contributed by atoms with Crippen LogP contribution in [0.25, 0.3) is 33.5 Å². The quantitative estimate of drug-likeness (QED) is 0.228. The van der Waals surface area contributed by atoms with Gasteiger partial charge in [-0.15, -0.1) is 0 Å². The number of ether oxygens (including phenoxy) is 2. The summed E-state index contributed by atoms with van der Waals surface area (Å²) in [6.07, 6.45) is 3.18. The summed E-state index contributed by atoms with van der Waals surface area (Å²) in [4.78, 5) is 7.18. The molecule has 206 valence electrons. The summed E-state index contributed by atoms with van der Waals surface area (Å²) in [5.41, 5.74) is 4.26. The lowest BCUT2D eigenvalue weighted by Crippen LogP contribution is -2.34. The zero-order valence-electron chi connectivity index (χ0n) is 22.9. The minimum Gasteiger partial charge on any atom is -0.496 e. The molecule has 0 amide bonds. The van der Waals surface area contributed by atoms with Gasteiger partial charge in [0.05, 0.1) is 30.5 Å². The van der Waals surface area contributed by atoms with Crippen LogP contribution in [0.1, 0.15) is 50.5 Å². The van der Waals surface area contributed by atoms with Gasteiger partial charge in [0.15, 0.2) is 5.82 Å². The zero-order valence-corrected chi connectivity index (χ0v) is 22.9. The number of likely N-dealkylation sites (tertiary alicyclic amines) is 1. The maximum atomic E-state index is 14.7. The number of halogens is 1. The predicted octanol–water partition coefficient (Wildman–Crippen LogP) is 6.68. The third-order valence-corrected chi connectivity index (χ3v) is 7.41. The molecule has 0 bridgehead atoms. The standard InChI is InChI=1S/C31H33FN6O2/c1-19(2)40-22-13-10-20(11-14-22)29-23-17-21(12-15-26(23)34-35-29)30-33-31(37-36-30)27-8-4-5-16-38(27)18-24-25(32)7-6-9-28(24)39-3/h6-7,9-15,17,19,27H,4-5,8,16,18H2,1-3H3,(H,34,35)(H,33,36,37). The maximum Gasteiger partial charge on any atom is 0.181 e. The second-order valence-electron chi connectivity index (χ2n) is 10.5. The summed E-state index contributed by atoms with van der Waals surface area (Å²) in [5, 5.41) is 16.5. The van der Waals surface area contributed by atoms with E-state index in [1.165, 1.54) is 6.07 Å². The molecule has 9 heteroatoms. The molecule has 0 aliphatic carbocycles. The van der Waals surface area contributed by atoms with Crippen LogP contribution in [0.4, 0.5) is 4.39 Å². The Bertz CT molecular complexity index is 1610. The van der Waals surface area contributed by atoms with Gasteiger partial charge in [-0.05, 0) is 87.8 Å². The number of rotatable bonds is 8. The number of hydrogen-bond acceptors (Lipinski definition) is 6. The molecule has 3 aromatic carbocycles. The fourth-order valence-corrected chi connectivity index (χ4v) is 5.47. The van der Waals surface area contributed by atoms with Gasteiger partial charge < -0.3 is 9.47 Å². The molecule has 1 atom stereocenters. The van der Waals surface area contributed by atoms with Crippen LogP contribution >= 0.6 is 0 Å². The smallest absolute Gasteiger partial charge is 0.181 e. The Balaban J connectivity index is 1.27. The molecule has 0 spiro atoms. The zero-order chi connectivity index (χ0) is 27.6. The van der Waals surface area contributed by atoms with Gasteiger partial charge in [-0.3, -0.25) is 15.1 Å². The molecule has 6 rings (SSSR count). The lowest BCUT2D eigenvalue weighted by atomic mass is 10.00. The topological polar surface area (TPSA) is 91.9 Å². The molecule has 8 nitrogen and oxygen atoms in total. The van der Waals surface area contributed by atoms with Crippen molar-refractivity contribution < 1.29 is 13.9 Å². The van der Waals surface area contributed by atoms with E-state index in [4.69, 9.17) is 14.5 Å². The monoisotopic (exact) mass is 540 g/mol. The number of H-pyrrole nitrogens is 2. The van der Waals surface area contributed by atoms with Crippen molar-refractivity contribution in [3.8, 4) is 34.1 Å². The number of aromatic amines is 2. The number of nitrogens with one attached hydrogen (secondary N) is 2. The van der Waals surface area contributed by atoms with E-state index in [9.17, 15) is 4.39 Å². The maximum absolute atomic E-state index is 14.7. The van der Waals surface area contributed by atoms with E-state index >= 15 is 0 Å². The van der Waals surface area contributed by atoms with Gasteiger partial charge in [0, 0.05) is 28.6 Å². The third kappa shape index (κ3) is 5.16. The van der Waals surface area contributed by atoms with E-state index in [1.54, 1.807) is 19.2 Å². The Kier molecular flexibility index (Phi) is 7.21. The molecular formula is C31H33FN6O2. The molecule has 1 unspecified atom stereocenters. The second kappa shape index (κ2) is 11.1. The first kappa shape index (κ1) is 26.0. The van der Waals surface area contributed by atoms with E-state index in [0.29, 0.717) is 23.7 Å². The van der Waals surface area contributed by atoms with Crippen molar-refractivity contribution in [2.75, 3.05) is 13.7 Å². The molecule has 1 fully saturated rings. The van der Waals surface area contributed by atoms with Crippen molar-refractivity contribution in [2.45, 2.75) is 51.8 Å². The number of piperidine rings is 1. The molecule has 5 aromatic rings. The summed E-state index contributed by atoms with van der Waals surface area (Å²) in [5.74, 6) is 2.55. The van der Waals surface area contributed by atoms with Gasteiger partial charge in [0.2, 0.25) is 0 Å². The summed E-state index contributed by atoms with van der Waals surface area (Å²) in [7, 11) is 1.58. The summed E-state index contributed by atoms with van der Waals surface area (Å²) >= 11 is 0. The fourth-order valence-electron chi connectivity index (χ4n) is 5.47. The van der Waals surface area contributed by atoms with Crippen LogP contribution < -0.4 is 9.47 Å². The highest BCUT2D eigenvalue weighted by Crippen LogP contribution is 2.35. The highest BCUT2D eigenvalue weighted by atomic mass is 19.1. The fraction of sp³-hybridized carbons (Fsp3) is 0.323. The predicted molar refractivity (Wildman–Crippen MR) is 153 cm³/mol. The Hall–Kier alpha value is -4.24. The minimum absolute atomic E-state index is 0.0131. The molecule has 2 aromatic heterocycles. The van der Waals surface area contributed by atoms with E-state index in [1.807, 2.05) is 50.2 Å². The number of methoxy groups -OCH3 is 1. The highest BCUT2D eigenvalue weighted by molar-refractivity contribution is 5.95. The van der Waals surface area contributed by atoms with Crippen molar-refractivity contribution in [1.82, 2.24) is 30.3 Å². The number of aromatic nitrogens is 5. The number of nitrogens with zero attached hydrogens (tertiary/aromatic N) is 4. The Morgan fingerprint density at radius 1 is 1.00 bits per heavy atom. The summed E-state index contributed by atoms with van der Waals surface area (Å²) < 4.78 is 25.9. The Morgan fingerprint density at radius 3 is 2.62 bits per heavy atom. The van der Waals surface area contributed by atoms with Crippen molar-refractivity contribution in [3.63, 3.8) is 0 Å². The van der Waals surface area contributed by atoms with E-state index < -0.39 is 0 Å². The van der Waals surface area contributed by atoms with Gasteiger partial charge in [-0.1, -0.05) is 12.5 Å². The SMILES string of the molecule is COc1cccc(F)c1CN1CCCCC1c1nc(-c2ccc3[nH]nc(-c4ccc(OC(C)C)cc4)c3c2)n[nH]1. The molecule has 40 heavy (non-hydrogen) atoms. The van der Waals surface area contributed by atoms with E-state index in [0.717, 1.165) is 65.1 Å². The van der Waals surface area contributed by atoms with Crippen molar-refractivity contribution >= 4 is 10.9 Å². The molecule has 1 aliphatic heterocycles. The highest BCUT2D eigenvalue weighted by Gasteiger charge is 2.29. The molecule has 1 saturated heterocycles. The van der Waals surface area contributed by atoms with Crippen LogP contribution in [0, 0.1) is 5.82 Å². The summed E-state index contributed by atoms with van der Waals surface area (Å²) in [6, 6.07) is 19.0. The summed E-state index contributed by atoms with van der Waals surface area (Å²) in [6.45, 7) is 5.32. The van der Waals surface area contributed by atoms with Crippen molar-refractivity contribution in [1.29, 1.82) is 0 Å². The van der Waals surface area contributed by atoms with E-state index in [2.05, 4.69) is 31.4 Å². The Labute approximate surface area is 232 Å². The largest absolute Gasteiger partial charge is 0.496 e. The van der Waals surface area contributed by atoms with E-state index in [-0.39, 0.29) is 18.0 Å². The molecule has 1 aliphatic rings. The van der Waals surface area contributed by atoms with Crippen LogP contribution in [-0.4, -0.2) is 50.0 Å². The number of hydrogen-bond donors (Lipinski definition) is 2. The number of benzene rings is 3. The molecule has 0 radical (unpaired) electrons. The average molecular weight is 541 g/mol. The average Bonchev–Trinajstić information content (AvgIpc) is 3.62. The van der Waals surface area contributed by atoms with Gasteiger partial charge in [-0.25, -0.2) is 9.37 Å². The molecule has 0 saturated carbocycles. The first-order valence-corrected chi connectivity index (χ1v) is 13.7. The van der Waals surface area contributed by atoms with Crippen molar-refractivity contribution in [3.05, 3.63) is 77.9 Å². The van der Waals surface area contributed by atoms with Crippen LogP contribution in [0.5, 0.6) is 11.5 Å². The lowest BCUT2D eigenvalue weighted by molar-refractivity contribution is 0.131. The first-order valence-electron chi connectivity index (χ1n) is 13.7. The van der Waals surface area contributed by atoms with Crippen molar-refractivity contribution in [2.24, 2.45) is 0 Å². The van der Waals surface area contributed by atoms with Crippen LogP contribution in [0.3, 0.4) is 0 Å². The van der Waals surface area contributed by atoms with Gasteiger partial charge in [0.1, 0.15) is 23.1 Å². The molecular weight excluding hydrogens is 507 g/mol. The second-order valence-corrected chi connectivity index (χ2v) is 10.5. The first-order chi connectivity index (χ1) is 19.5.